The number of fused-ring (bicyclic) bond motifs is 1. The van der Waals surface area contributed by atoms with Crippen LogP contribution < -0.4 is 5.73 Å². The molecule has 1 aromatic heterocycles. The predicted octanol–water partition coefficient (Wildman–Crippen LogP) is 3.95. The minimum Gasteiger partial charge on any atom is -0.324 e. The van der Waals surface area contributed by atoms with E-state index in [1.165, 1.54) is 5.39 Å². The molecule has 4 heteroatoms. The van der Waals surface area contributed by atoms with Gasteiger partial charge in [0.2, 0.25) is 0 Å². The fourth-order valence-electron chi connectivity index (χ4n) is 2.68. The smallest absolute Gasteiger partial charge is 0.0722 e. The van der Waals surface area contributed by atoms with Gasteiger partial charge >= 0.3 is 0 Å². The zero-order valence-corrected chi connectivity index (χ0v) is 12.7. The molecule has 0 aliphatic rings. The lowest BCUT2D eigenvalue weighted by Gasteiger charge is -2.12. The molecular formula is C17H18ClN3. The number of aryl methyl sites for hydroxylation is 1. The van der Waals surface area contributed by atoms with Gasteiger partial charge in [0.25, 0.3) is 0 Å². The van der Waals surface area contributed by atoms with Crippen LogP contribution in [-0.2, 0) is 13.0 Å². The molecule has 1 heterocycles. The Bertz CT molecular complexity index is 764. The van der Waals surface area contributed by atoms with Crippen LogP contribution in [-0.4, -0.2) is 9.78 Å². The number of para-hydroxylation sites is 1. The fourth-order valence-corrected chi connectivity index (χ4v) is 2.96. The first-order valence-electron chi connectivity index (χ1n) is 7.15. The molecule has 0 spiro atoms. The predicted molar refractivity (Wildman–Crippen MR) is 87.5 cm³/mol. The van der Waals surface area contributed by atoms with Crippen molar-refractivity contribution in [3.8, 4) is 0 Å². The third kappa shape index (κ3) is 2.67. The Morgan fingerprint density at radius 3 is 2.62 bits per heavy atom. The fraction of sp³-hybridized carbons (Fsp3) is 0.235. The first kappa shape index (κ1) is 14.1. The van der Waals surface area contributed by atoms with Crippen molar-refractivity contribution in [2.24, 2.45) is 5.73 Å². The van der Waals surface area contributed by atoms with E-state index in [-0.39, 0.29) is 6.04 Å². The van der Waals surface area contributed by atoms with Crippen LogP contribution in [0, 0.1) is 0 Å². The SMILES string of the molecule is CCn1nc(CC(N)c2ccccc2Cl)c2ccccc21. The van der Waals surface area contributed by atoms with Crippen LogP contribution in [0.3, 0.4) is 0 Å². The molecule has 0 fully saturated rings. The minimum atomic E-state index is -0.151. The van der Waals surface area contributed by atoms with Crippen molar-refractivity contribution in [1.29, 1.82) is 0 Å². The molecule has 3 rings (SSSR count). The second kappa shape index (κ2) is 5.88. The largest absolute Gasteiger partial charge is 0.324 e. The van der Waals surface area contributed by atoms with Crippen LogP contribution in [0.4, 0.5) is 0 Å². The summed E-state index contributed by atoms with van der Waals surface area (Å²) in [4.78, 5) is 0. The second-order valence-electron chi connectivity index (χ2n) is 5.11. The maximum absolute atomic E-state index is 6.34. The number of hydrogen-bond donors (Lipinski definition) is 1. The molecule has 1 unspecified atom stereocenters. The van der Waals surface area contributed by atoms with Gasteiger partial charge in [0.15, 0.2) is 0 Å². The molecule has 108 valence electrons. The summed E-state index contributed by atoms with van der Waals surface area (Å²) in [5, 5.41) is 6.58. The van der Waals surface area contributed by atoms with Gasteiger partial charge in [0.05, 0.1) is 11.2 Å². The van der Waals surface area contributed by atoms with E-state index in [2.05, 4.69) is 19.1 Å². The van der Waals surface area contributed by atoms with Crippen LogP contribution in [0.15, 0.2) is 48.5 Å². The lowest BCUT2D eigenvalue weighted by molar-refractivity contribution is 0.642. The summed E-state index contributed by atoms with van der Waals surface area (Å²) in [6, 6.07) is 15.8. The van der Waals surface area contributed by atoms with E-state index in [1.54, 1.807) is 0 Å². The van der Waals surface area contributed by atoms with Crippen molar-refractivity contribution in [3.63, 3.8) is 0 Å². The highest BCUT2D eigenvalue weighted by atomic mass is 35.5. The summed E-state index contributed by atoms with van der Waals surface area (Å²) >= 11 is 6.23. The van der Waals surface area contributed by atoms with Crippen LogP contribution >= 0.6 is 11.6 Å². The lowest BCUT2D eigenvalue weighted by Crippen LogP contribution is -2.14. The topological polar surface area (TPSA) is 43.8 Å². The van der Waals surface area contributed by atoms with E-state index < -0.39 is 0 Å². The van der Waals surface area contributed by atoms with Crippen molar-refractivity contribution in [1.82, 2.24) is 9.78 Å². The van der Waals surface area contributed by atoms with E-state index in [0.717, 1.165) is 23.3 Å². The van der Waals surface area contributed by atoms with Crippen molar-refractivity contribution >= 4 is 22.5 Å². The molecule has 2 aromatic carbocycles. The monoisotopic (exact) mass is 299 g/mol. The number of halogens is 1. The molecule has 3 nitrogen and oxygen atoms in total. The van der Waals surface area contributed by atoms with E-state index >= 15 is 0 Å². The molecule has 0 saturated heterocycles. The Balaban J connectivity index is 1.97. The number of nitrogens with zero attached hydrogens (tertiary/aromatic N) is 2. The summed E-state index contributed by atoms with van der Waals surface area (Å²) in [5.74, 6) is 0. The Kier molecular flexibility index (Phi) is 3.95. The second-order valence-corrected chi connectivity index (χ2v) is 5.52. The molecule has 0 aliphatic carbocycles. The van der Waals surface area contributed by atoms with Crippen molar-refractivity contribution < 1.29 is 0 Å². The summed E-state index contributed by atoms with van der Waals surface area (Å²) in [7, 11) is 0. The van der Waals surface area contributed by atoms with Gasteiger partial charge < -0.3 is 5.73 Å². The average molecular weight is 300 g/mol. The highest BCUT2D eigenvalue weighted by Gasteiger charge is 2.15. The maximum Gasteiger partial charge on any atom is 0.0722 e. The van der Waals surface area contributed by atoms with E-state index in [0.29, 0.717) is 11.4 Å². The number of hydrogen-bond acceptors (Lipinski definition) is 2. The zero-order valence-electron chi connectivity index (χ0n) is 12.0. The first-order chi connectivity index (χ1) is 10.2. The summed E-state index contributed by atoms with van der Waals surface area (Å²) in [5.41, 5.74) is 9.48. The van der Waals surface area contributed by atoms with E-state index in [4.69, 9.17) is 22.4 Å². The molecule has 21 heavy (non-hydrogen) atoms. The van der Waals surface area contributed by atoms with Crippen molar-refractivity contribution in [2.45, 2.75) is 25.9 Å². The van der Waals surface area contributed by atoms with Crippen molar-refractivity contribution in [3.05, 3.63) is 64.8 Å². The first-order valence-corrected chi connectivity index (χ1v) is 7.53. The normalized spacial score (nSPS) is 12.7. The highest BCUT2D eigenvalue weighted by Crippen LogP contribution is 2.26. The van der Waals surface area contributed by atoms with Gasteiger partial charge in [-0.25, -0.2) is 0 Å². The van der Waals surface area contributed by atoms with Crippen LogP contribution in [0.5, 0.6) is 0 Å². The van der Waals surface area contributed by atoms with E-state index in [1.807, 2.05) is 41.1 Å². The van der Waals surface area contributed by atoms with Gasteiger partial charge in [-0.05, 0) is 24.6 Å². The molecule has 2 N–H and O–H groups in total. The number of nitrogens with two attached hydrogens (primary N) is 1. The molecule has 0 aliphatic heterocycles. The van der Waals surface area contributed by atoms with E-state index in [9.17, 15) is 0 Å². The quantitative estimate of drug-likeness (QED) is 0.792. The molecule has 1 atom stereocenters. The minimum absolute atomic E-state index is 0.151. The molecule has 0 radical (unpaired) electrons. The standard InChI is InChI=1S/C17H18ClN3/c1-2-21-17-10-6-4-8-13(17)16(20-21)11-15(19)12-7-3-5-9-14(12)18/h3-10,15H,2,11,19H2,1H3. The Morgan fingerprint density at radius 1 is 1.14 bits per heavy atom. The third-order valence-corrected chi connectivity index (χ3v) is 4.10. The summed E-state index contributed by atoms with van der Waals surface area (Å²) in [6.45, 7) is 2.94. The van der Waals surface area contributed by atoms with Crippen LogP contribution in [0.1, 0.15) is 24.2 Å². The number of aromatic nitrogens is 2. The van der Waals surface area contributed by atoms with Gasteiger partial charge in [-0.3, -0.25) is 4.68 Å². The molecular weight excluding hydrogens is 282 g/mol. The zero-order chi connectivity index (χ0) is 14.8. The van der Waals surface area contributed by atoms with Gasteiger partial charge in [-0.15, -0.1) is 0 Å². The Hall–Kier alpha value is -1.84. The highest BCUT2D eigenvalue weighted by molar-refractivity contribution is 6.31. The van der Waals surface area contributed by atoms with Gasteiger partial charge in [-0.2, -0.15) is 5.10 Å². The third-order valence-electron chi connectivity index (χ3n) is 3.75. The Morgan fingerprint density at radius 2 is 1.86 bits per heavy atom. The van der Waals surface area contributed by atoms with Crippen molar-refractivity contribution in [2.75, 3.05) is 0 Å². The molecule has 3 aromatic rings. The summed E-state index contributed by atoms with van der Waals surface area (Å²) in [6.07, 6.45) is 0.678. The average Bonchev–Trinajstić information content (AvgIpc) is 2.86. The van der Waals surface area contributed by atoms with Crippen LogP contribution in [0.2, 0.25) is 5.02 Å². The van der Waals surface area contributed by atoms with Gasteiger partial charge in [0.1, 0.15) is 0 Å². The number of rotatable bonds is 4. The number of benzene rings is 2. The van der Waals surface area contributed by atoms with Crippen LogP contribution in [0.25, 0.3) is 10.9 Å². The maximum atomic E-state index is 6.34. The molecule has 0 saturated carbocycles. The molecule has 0 amide bonds. The summed E-state index contributed by atoms with van der Waals surface area (Å²) < 4.78 is 2.02. The van der Waals surface area contributed by atoms with Gasteiger partial charge in [-0.1, -0.05) is 48.0 Å². The Labute approximate surface area is 129 Å². The lowest BCUT2D eigenvalue weighted by atomic mass is 10.0. The molecule has 0 bridgehead atoms. The van der Waals surface area contributed by atoms with Gasteiger partial charge in [0, 0.05) is 29.4 Å².